The van der Waals surface area contributed by atoms with Crippen molar-refractivity contribution >= 4 is 11.0 Å². The van der Waals surface area contributed by atoms with Crippen LogP contribution in [0.25, 0.3) is 22.5 Å². The molecule has 3 aromatic heterocycles. The highest BCUT2D eigenvalue weighted by atomic mass is 15.3. The summed E-state index contributed by atoms with van der Waals surface area (Å²) in [7, 11) is 0. The SMILES string of the molecule is Cc1cc(C)n(-c2ncnc3c2cnn3-c2ccccc2)n1. The lowest BCUT2D eigenvalue weighted by atomic mass is 10.3. The first-order chi connectivity index (χ1) is 10.7. The number of hydrogen-bond donors (Lipinski definition) is 0. The van der Waals surface area contributed by atoms with E-state index in [-0.39, 0.29) is 0 Å². The van der Waals surface area contributed by atoms with Crippen LogP contribution in [0.15, 0.2) is 48.9 Å². The Kier molecular flexibility index (Phi) is 2.75. The predicted molar refractivity (Wildman–Crippen MR) is 83.3 cm³/mol. The van der Waals surface area contributed by atoms with E-state index < -0.39 is 0 Å². The summed E-state index contributed by atoms with van der Waals surface area (Å²) >= 11 is 0. The average Bonchev–Trinajstić information content (AvgIpc) is 3.11. The first-order valence-electron chi connectivity index (χ1n) is 7.02. The van der Waals surface area contributed by atoms with Gasteiger partial charge in [-0.2, -0.15) is 10.2 Å². The van der Waals surface area contributed by atoms with Crippen LogP contribution in [0.4, 0.5) is 0 Å². The molecule has 0 saturated heterocycles. The van der Waals surface area contributed by atoms with Crippen molar-refractivity contribution in [1.82, 2.24) is 29.5 Å². The second-order valence-electron chi connectivity index (χ2n) is 5.17. The molecule has 0 fully saturated rings. The zero-order valence-electron chi connectivity index (χ0n) is 12.3. The van der Waals surface area contributed by atoms with Crippen molar-refractivity contribution in [2.75, 3.05) is 0 Å². The summed E-state index contributed by atoms with van der Waals surface area (Å²) in [6, 6.07) is 12.0. The van der Waals surface area contributed by atoms with Gasteiger partial charge in [-0.25, -0.2) is 19.3 Å². The van der Waals surface area contributed by atoms with Crippen LogP contribution in [0.2, 0.25) is 0 Å². The molecule has 0 amide bonds. The average molecular weight is 290 g/mol. The summed E-state index contributed by atoms with van der Waals surface area (Å²) in [5.41, 5.74) is 3.73. The number of aromatic nitrogens is 6. The normalized spacial score (nSPS) is 11.2. The van der Waals surface area contributed by atoms with Crippen LogP contribution in [-0.2, 0) is 0 Å². The molecule has 3 heterocycles. The number of rotatable bonds is 2. The van der Waals surface area contributed by atoms with Crippen molar-refractivity contribution < 1.29 is 0 Å². The molecule has 22 heavy (non-hydrogen) atoms. The van der Waals surface area contributed by atoms with E-state index in [1.165, 1.54) is 0 Å². The van der Waals surface area contributed by atoms with Gasteiger partial charge in [0.05, 0.1) is 23.0 Å². The van der Waals surface area contributed by atoms with Gasteiger partial charge in [-0.1, -0.05) is 18.2 Å². The molecule has 0 unspecified atom stereocenters. The lowest BCUT2D eigenvalue weighted by Crippen LogP contribution is -2.04. The monoisotopic (exact) mass is 290 g/mol. The highest BCUT2D eigenvalue weighted by Gasteiger charge is 2.14. The van der Waals surface area contributed by atoms with E-state index in [1.54, 1.807) is 12.5 Å². The first kappa shape index (κ1) is 12.7. The summed E-state index contributed by atoms with van der Waals surface area (Å²) in [5.74, 6) is 0.748. The fraction of sp³-hybridized carbons (Fsp3) is 0.125. The molecular weight excluding hydrogens is 276 g/mol. The van der Waals surface area contributed by atoms with Crippen molar-refractivity contribution in [2.45, 2.75) is 13.8 Å². The number of benzene rings is 1. The molecule has 4 aromatic rings. The highest BCUT2D eigenvalue weighted by Crippen LogP contribution is 2.21. The molecule has 0 saturated carbocycles. The van der Waals surface area contributed by atoms with E-state index in [9.17, 15) is 0 Å². The molecule has 0 radical (unpaired) electrons. The summed E-state index contributed by atoms with van der Waals surface area (Å²) < 4.78 is 3.64. The van der Waals surface area contributed by atoms with Gasteiger partial charge < -0.3 is 0 Å². The van der Waals surface area contributed by atoms with Crippen molar-refractivity contribution in [1.29, 1.82) is 0 Å². The van der Waals surface area contributed by atoms with Gasteiger partial charge in [0, 0.05) is 5.69 Å². The van der Waals surface area contributed by atoms with Crippen LogP contribution in [0, 0.1) is 13.8 Å². The third-order valence-corrected chi connectivity index (χ3v) is 3.56. The maximum absolute atomic E-state index is 4.50. The first-order valence-corrected chi connectivity index (χ1v) is 7.02. The third kappa shape index (κ3) is 1.88. The van der Waals surface area contributed by atoms with Crippen molar-refractivity contribution in [2.24, 2.45) is 0 Å². The minimum Gasteiger partial charge on any atom is -0.219 e. The largest absolute Gasteiger partial charge is 0.219 e. The molecule has 6 nitrogen and oxygen atoms in total. The predicted octanol–water partition coefficient (Wildman–Crippen LogP) is 2.62. The minimum absolute atomic E-state index is 0.748. The molecule has 0 spiro atoms. The second kappa shape index (κ2) is 4.77. The van der Waals surface area contributed by atoms with Crippen LogP contribution in [0.1, 0.15) is 11.4 Å². The zero-order valence-corrected chi connectivity index (χ0v) is 12.3. The van der Waals surface area contributed by atoms with Gasteiger partial charge in [0.15, 0.2) is 11.5 Å². The smallest absolute Gasteiger partial charge is 0.168 e. The van der Waals surface area contributed by atoms with Crippen LogP contribution in [0.3, 0.4) is 0 Å². The topological polar surface area (TPSA) is 61.4 Å². The van der Waals surface area contributed by atoms with E-state index in [4.69, 9.17) is 0 Å². The van der Waals surface area contributed by atoms with E-state index in [0.717, 1.165) is 33.9 Å². The number of hydrogen-bond acceptors (Lipinski definition) is 4. The van der Waals surface area contributed by atoms with E-state index in [0.29, 0.717) is 0 Å². The van der Waals surface area contributed by atoms with E-state index >= 15 is 0 Å². The number of para-hydroxylation sites is 1. The fourth-order valence-electron chi connectivity index (χ4n) is 2.60. The van der Waals surface area contributed by atoms with Gasteiger partial charge in [-0.15, -0.1) is 0 Å². The van der Waals surface area contributed by atoms with E-state index in [2.05, 4.69) is 20.2 Å². The van der Waals surface area contributed by atoms with Gasteiger partial charge in [0.1, 0.15) is 6.33 Å². The van der Waals surface area contributed by atoms with Gasteiger partial charge in [0.2, 0.25) is 0 Å². The maximum Gasteiger partial charge on any atom is 0.168 e. The lowest BCUT2D eigenvalue weighted by Gasteiger charge is -2.05. The van der Waals surface area contributed by atoms with Crippen molar-refractivity contribution in [3.05, 3.63) is 60.3 Å². The van der Waals surface area contributed by atoms with Crippen LogP contribution < -0.4 is 0 Å². The van der Waals surface area contributed by atoms with Gasteiger partial charge >= 0.3 is 0 Å². The molecule has 4 rings (SSSR count). The molecule has 6 heteroatoms. The Morgan fingerprint density at radius 2 is 1.77 bits per heavy atom. The van der Waals surface area contributed by atoms with Crippen LogP contribution in [0.5, 0.6) is 0 Å². The number of fused-ring (bicyclic) bond motifs is 1. The molecule has 108 valence electrons. The Morgan fingerprint density at radius 3 is 2.50 bits per heavy atom. The fourth-order valence-corrected chi connectivity index (χ4v) is 2.60. The standard InChI is InChI=1S/C16H14N6/c1-11-8-12(2)21(20-11)15-14-9-19-22(16(14)18-10-17-15)13-6-4-3-5-7-13/h3-10H,1-2H3. The van der Waals surface area contributed by atoms with Gasteiger partial charge in [-0.05, 0) is 32.0 Å². The molecule has 0 aliphatic heterocycles. The zero-order chi connectivity index (χ0) is 15.1. The van der Waals surface area contributed by atoms with Crippen LogP contribution in [-0.4, -0.2) is 29.5 Å². The quantitative estimate of drug-likeness (QED) is 0.569. The van der Waals surface area contributed by atoms with E-state index in [1.807, 2.05) is 59.6 Å². The molecule has 1 aromatic carbocycles. The van der Waals surface area contributed by atoms with Crippen molar-refractivity contribution in [3.8, 4) is 11.5 Å². The van der Waals surface area contributed by atoms with Crippen LogP contribution >= 0.6 is 0 Å². The summed E-state index contributed by atoms with van der Waals surface area (Å²) in [5, 5.41) is 9.84. The maximum atomic E-state index is 4.50. The Balaban J connectivity index is 1.96. The number of nitrogens with zero attached hydrogens (tertiary/aromatic N) is 6. The molecular formula is C16H14N6. The Hall–Kier alpha value is -3.02. The summed E-state index contributed by atoms with van der Waals surface area (Å²) in [6.07, 6.45) is 3.34. The summed E-state index contributed by atoms with van der Waals surface area (Å²) in [4.78, 5) is 8.78. The molecule has 0 bridgehead atoms. The molecule has 0 atom stereocenters. The molecule has 0 aliphatic rings. The van der Waals surface area contributed by atoms with Gasteiger partial charge in [-0.3, -0.25) is 0 Å². The third-order valence-electron chi connectivity index (χ3n) is 3.56. The minimum atomic E-state index is 0.748. The lowest BCUT2D eigenvalue weighted by molar-refractivity contribution is 0.809. The van der Waals surface area contributed by atoms with Crippen molar-refractivity contribution in [3.63, 3.8) is 0 Å². The highest BCUT2D eigenvalue weighted by molar-refractivity contribution is 5.83. The second-order valence-corrected chi connectivity index (χ2v) is 5.17. The Morgan fingerprint density at radius 1 is 0.955 bits per heavy atom. The Labute approximate surface area is 127 Å². The van der Waals surface area contributed by atoms with Gasteiger partial charge in [0.25, 0.3) is 0 Å². The Bertz CT molecular complexity index is 951. The number of aryl methyl sites for hydroxylation is 2. The summed E-state index contributed by atoms with van der Waals surface area (Å²) in [6.45, 7) is 3.98. The molecule has 0 aliphatic carbocycles. The molecule has 0 N–H and O–H groups in total.